The Morgan fingerprint density at radius 2 is 2.04 bits per heavy atom. The van der Waals surface area contributed by atoms with E-state index in [2.05, 4.69) is 10.00 Å². The summed E-state index contributed by atoms with van der Waals surface area (Å²) in [6.07, 6.45) is 2.52. The van der Waals surface area contributed by atoms with Crippen LogP contribution < -0.4 is 4.90 Å². The first-order chi connectivity index (χ1) is 12.9. The molecule has 3 rings (SSSR count). The summed E-state index contributed by atoms with van der Waals surface area (Å²) >= 11 is 7.76. The summed E-state index contributed by atoms with van der Waals surface area (Å²) < 4.78 is 2.75. The van der Waals surface area contributed by atoms with Crippen molar-refractivity contribution in [2.45, 2.75) is 26.8 Å². The van der Waals surface area contributed by atoms with Crippen molar-refractivity contribution in [2.75, 3.05) is 32.1 Å². The number of amides is 1. The Labute approximate surface area is 168 Å². The van der Waals surface area contributed by atoms with Crippen molar-refractivity contribution in [2.24, 2.45) is 0 Å². The van der Waals surface area contributed by atoms with Crippen LogP contribution in [0.15, 0.2) is 24.4 Å². The molecule has 3 aromatic rings. The van der Waals surface area contributed by atoms with Crippen LogP contribution in [0.5, 0.6) is 0 Å². The van der Waals surface area contributed by atoms with Gasteiger partial charge < -0.3 is 4.90 Å². The number of fused-ring (bicyclic) bond motifs is 1. The number of hydrogen-bond acceptors (Lipinski definition) is 5. The molecule has 0 atom stereocenters. The summed E-state index contributed by atoms with van der Waals surface area (Å²) in [6, 6.07) is 5.61. The SMILES string of the molecule is CCn1nccc1C(=O)N(CCCN(C)C)c1nc2c(C)c(Cl)ccc2s1. The Hall–Kier alpha value is -1.96. The van der Waals surface area contributed by atoms with E-state index in [4.69, 9.17) is 16.6 Å². The molecule has 0 aliphatic carbocycles. The Balaban J connectivity index is 1.99. The first-order valence-corrected chi connectivity index (χ1v) is 10.2. The van der Waals surface area contributed by atoms with Crippen LogP contribution in [-0.2, 0) is 6.54 Å². The van der Waals surface area contributed by atoms with E-state index >= 15 is 0 Å². The van der Waals surface area contributed by atoms with Crippen molar-refractivity contribution in [1.82, 2.24) is 19.7 Å². The predicted octanol–water partition coefficient (Wildman–Crippen LogP) is 4.07. The van der Waals surface area contributed by atoms with E-state index in [0.717, 1.165) is 28.7 Å². The molecule has 1 amide bonds. The van der Waals surface area contributed by atoms with Gasteiger partial charge in [0.25, 0.3) is 5.91 Å². The third-order valence-corrected chi connectivity index (χ3v) is 5.89. The number of aromatic nitrogens is 3. The highest BCUT2D eigenvalue weighted by molar-refractivity contribution is 7.22. The number of carbonyl (C=O) groups is 1. The number of hydrogen-bond donors (Lipinski definition) is 0. The number of aryl methyl sites for hydroxylation is 2. The molecule has 1 aromatic carbocycles. The molecule has 2 aromatic heterocycles. The van der Waals surface area contributed by atoms with E-state index in [9.17, 15) is 4.79 Å². The Morgan fingerprint density at radius 1 is 1.26 bits per heavy atom. The Morgan fingerprint density at radius 3 is 2.74 bits per heavy atom. The average molecular weight is 406 g/mol. The summed E-state index contributed by atoms with van der Waals surface area (Å²) in [5.41, 5.74) is 2.38. The Bertz CT molecular complexity index is 949. The predicted molar refractivity (Wildman–Crippen MR) is 112 cm³/mol. The van der Waals surface area contributed by atoms with Gasteiger partial charge in [-0.3, -0.25) is 14.4 Å². The minimum absolute atomic E-state index is 0.0732. The summed E-state index contributed by atoms with van der Waals surface area (Å²) in [5, 5.41) is 5.62. The van der Waals surface area contributed by atoms with Crippen LogP contribution in [0.1, 0.15) is 29.4 Å². The number of carbonyl (C=O) groups excluding carboxylic acids is 1. The first kappa shape index (κ1) is 19.8. The molecule has 0 saturated carbocycles. The minimum atomic E-state index is -0.0732. The fraction of sp³-hybridized carbons (Fsp3) is 0.421. The van der Waals surface area contributed by atoms with Crippen molar-refractivity contribution in [1.29, 1.82) is 0 Å². The highest BCUT2D eigenvalue weighted by Gasteiger charge is 2.24. The van der Waals surface area contributed by atoms with Gasteiger partial charge in [0.15, 0.2) is 5.13 Å². The molecular weight excluding hydrogens is 382 g/mol. The van der Waals surface area contributed by atoms with Gasteiger partial charge in [-0.1, -0.05) is 22.9 Å². The maximum atomic E-state index is 13.3. The van der Waals surface area contributed by atoms with Crippen LogP contribution in [0, 0.1) is 6.92 Å². The van der Waals surface area contributed by atoms with Crippen molar-refractivity contribution < 1.29 is 4.79 Å². The number of benzene rings is 1. The number of rotatable bonds is 7. The molecule has 0 aliphatic rings. The molecule has 0 aliphatic heterocycles. The van der Waals surface area contributed by atoms with Crippen molar-refractivity contribution in [3.05, 3.63) is 40.7 Å². The summed E-state index contributed by atoms with van der Waals surface area (Å²) in [6.45, 7) is 6.07. The molecule has 144 valence electrons. The van der Waals surface area contributed by atoms with Gasteiger partial charge in [0.2, 0.25) is 0 Å². The zero-order valence-corrected chi connectivity index (χ0v) is 17.6. The summed E-state index contributed by atoms with van der Waals surface area (Å²) in [4.78, 5) is 21.9. The molecule has 0 spiro atoms. The molecule has 0 unspecified atom stereocenters. The smallest absolute Gasteiger partial charge is 0.278 e. The van der Waals surface area contributed by atoms with Crippen LogP contribution in [-0.4, -0.2) is 52.8 Å². The first-order valence-electron chi connectivity index (χ1n) is 8.96. The molecule has 0 saturated heterocycles. The molecule has 0 radical (unpaired) electrons. The zero-order chi connectivity index (χ0) is 19.6. The lowest BCUT2D eigenvalue weighted by molar-refractivity contribution is 0.0975. The fourth-order valence-electron chi connectivity index (χ4n) is 2.94. The molecule has 0 bridgehead atoms. The maximum absolute atomic E-state index is 13.3. The van der Waals surface area contributed by atoms with E-state index in [-0.39, 0.29) is 5.91 Å². The highest BCUT2D eigenvalue weighted by atomic mass is 35.5. The molecular formula is C19H24ClN5OS. The van der Waals surface area contributed by atoms with Gasteiger partial charge >= 0.3 is 0 Å². The second-order valence-corrected chi connectivity index (χ2v) is 8.08. The highest BCUT2D eigenvalue weighted by Crippen LogP contribution is 2.34. The van der Waals surface area contributed by atoms with Crippen LogP contribution in [0.25, 0.3) is 10.2 Å². The van der Waals surface area contributed by atoms with Gasteiger partial charge in [0.1, 0.15) is 5.69 Å². The standard InChI is InChI=1S/C19H24ClN5OS/c1-5-25-15(9-10-21-25)18(26)24(12-6-11-23(3)4)19-22-17-13(2)14(20)7-8-16(17)27-19/h7-10H,5-6,11-12H2,1-4H3. The lowest BCUT2D eigenvalue weighted by Crippen LogP contribution is -2.34. The number of anilines is 1. The largest absolute Gasteiger partial charge is 0.309 e. The molecule has 2 heterocycles. The van der Waals surface area contributed by atoms with Crippen molar-refractivity contribution in [3.8, 4) is 0 Å². The monoisotopic (exact) mass is 405 g/mol. The van der Waals surface area contributed by atoms with Gasteiger partial charge in [-0.05, 0) is 64.7 Å². The van der Waals surface area contributed by atoms with Gasteiger partial charge in [0, 0.05) is 24.3 Å². The molecule has 0 fully saturated rings. The number of halogens is 1. The third-order valence-electron chi connectivity index (χ3n) is 4.43. The second-order valence-electron chi connectivity index (χ2n) is 6.66. The van der Waals surface area contributed by atoms with Crippen LogP contribution in [0.4, 0.5) is 5.13 Å². The van der Waals surface area contributed by atoms with Crippen molar-refractivity contribution in [3.63, 3.8) is 0 Å². The van der Waals surface area contributed by atoms with Crippen LogP contribution in [0.2, 0.25) is 5.02 Å². The second kappa shape index (κ2) is 8.37. The van der Waals surface area contributed by atoms with E-state index in [1.807, 2.05) is 40.1 Å². The lowest BCUT2D eigenvalue weighted by atomic mass is 10.2. The summed E-state index contributed by atoms with van der Waals surface area (Å²) in [5.74, 6) is -0.0732. The van der Waals surface area contributed by atoms with Crippen molar-refractivity contribution >= 4 is 44.2 Å². The van der Waals surface area contributed by atoms with E-state index in [0.29, 0.717) is 28.9 Å². The normalized spacial score (nSPS) is 11.5. The lowest BCUT2D eigenvalue weighted by Gasteiger charge is -2.21. The molecule has 8 heteroatoms. The van der Waals surface area contributed by atoms with Crippen LogP contribution >= 0.6 is 22.9 Å². The quantitative estimate of drug-likeness (QED) is 0.594. The summed E-state index contributed by atoms with van der Waals surface area (Å²) in [7, 11) is 4.06. The maximum Gasteiger partial charge on any atom is 0.278 e. The average Bonchev–Trinajstić information content (AvgIpc) is 3.28. The minimum Gasteiger partial charge on any atom is -0.309 e. The third kappa shape index (κ3) is 4.15. The fourth-order valence-corrected chi connectivity index (χ4v) is 4.14. The zero-order valence-electron chi connectivity index (χ0n) is 16.1. The topological polar surface area (TPSA) is 54.3 Å². The van der Waals surface area contributed by atoms with Gasteiger partial charge in [0.05, 0.1) is 10.2 Å². The van der Waals surface area contributed by atoms with E-state index in [1.165, 1.54) is 11.3 Å². The number of nitrogens with zero attached hydrogens (tertiary/aromatic N) is 5. The molecule has 27 heavy (non-hydrogen) atoms. The van der Waals surface area contributed by atoms with E-state index in [1.54, 1.807) is 21.8 Å². The van der Waals surface area contributed by atoms with Gasteiger partial charge in [-0.25, -0.2) is 4.98 Å². The van der Waals surface area contributed by atoms with Crippen LogP contribution in [0.3, 0.4) is 0 Å². The van der Waals surface area contributed by atoms with Gasteiger partial charge in [-0.15, -0.1) is 0 Å². The van der Waals surface area contributed by atoms with E-state index < -0.39 is 0 Å². The molecule has 0 N–H and O–H groups in total. The molecule has 6 nitrogen and oxygen atoms in total. The Kier molecular flexibility index (Phi) is 6.14. The number of thiazole rings is 1. The van der Waals surface area contributed by atoms with Gasteiger partial charge in [-0.2, -0.15) is 5.10 Å².